The molecular formula is C10H12N2O2. The number of nitrogens with zero attached hydrogens (tertiary/aromatic N) is 1. The molecule has 1 atom stereocenters. The van der Waals surface area contributed by atoms with Gasteiger partial charge >= 0.3 is 0 Å². The van der Waals surface area contributed by atoms with Crippen molar-refractivity contribution in [1.82, 2.24) is 0 Å². The molecule has 0 bridgehead atoms. The molecule has 1 amide bonds. The van der Waals surface area contributed by atoms with Crippen LogP contribution in [0.1, 0.15) is 0 Å². The van der Waals surface area contributed by atoms with Crippen LogP contribution >= 0.6 is 0 Å². The van der Waals surface area contributed by atoms with E-state index < -0.39 is 0 Å². The Kier molecular flexibility index (Phi) is 2.13. The van der Waals surface area contributed by atoms with E-state index in [1.165, 1.54) is 0 Å². The molecule has 1 fully saturated rings. The normalized spacial score (nSPS) is 20.6. The van der Waals surface area contributed by atoms with Gasteiger partial charge in [-0.3, -0.25) is 4.79 Å². The molecule has 14 heavy (non-hydrogen) atoms. The minimum atomic E-state index is -0.347. The number of nitrogens with two attached hydrogens (primary N) is 1. The number of hydrogen-bond donors (Lipinski definition) is 1. The van der Waals surface area contributed by atoms with Crippen molar-refractivity contribution in [3.8, 4) is 5.75 Å². The maximum absolute atomic E-state index is 11.4. The molecule has 4 heteroatoms. The van der Waals surface area contributed by atoms with E-state index in [4.69, 9.17) is 10.5 Å². The average Bonchev–Trinajstić information content (AvgIpc) is 2.25. The predicted octanol–water partition coefficient (Wildman–Crippen LogP) is 0.369. The zero-order valence-electron chi connectivity index (χ0n) is 7.93. The predicted molar refractivity (Wildman–Crippen MR) is 53.3 cm³/mol. The minimum Gasteiger partial charge on any atom is -0.495 e. The van der Waals surface area contributed by atoms with Crippen molar-refractivity contribution in [2.75, 3.05) is 18.6 Å². The number of rotatable bonds is 2. The second kappa shape index (κ2) is 3.31. The smallest absolute Gasteiger partial charge is 0.245 e. The van der Waals surface area contributed by atoms with Gasteiger partial charge < -0.3 is 15.4 Å². The first-order chi connectivity index (χ1) is 6.74. The van der Waals surface area contributed by atoms with Gasteiger partial charge in [0, 0.05) is 0 Å². The number of carbonyl (C=O) groups is 1. The van der Waals surface area contributed by atoms with Crippen LogP contribution in [0.5, 0.6) is 5.75 Å². The van der Waals surface area contributed by atoms with Gasteiger partial charge in [-0.1, -0.05) is 12.1 Å². The lowest BCUT2D eigenvalue weighted by molar-refractivity contribution is -0.123. The number of carbonyl (C=O) groups excluding carboxylic acids is 1. The number of para-hydroxylation sites is 2. The van der Waals surface area contributed by atoms with Crippen molar-refractivity contribution in [3.63, 3.8) is 0 Å². The topological polar surface area (TPSA) is 55.6 Å². The SMILES string of the molecule is COc1ccccc1N1CC(N)C1=O. The number of β-lactam (4-membered cyclic amide) rings is 1. The summed E-state index contributed by atoms with van der Waals surface area (Å²) in [4.78, 5) is 13.0. The maximum atomic E-state index is 11.4. The molecule has 1 heterocycles. The van der Waals surface area contributed by atoms with Crippen molar-refractivity contribution in [3.05, 3.63) is 24.3 Å². The van der Waals surface area contributed by atoms with Gasteiger partial charge in [0.1, 0.15) is 11.8 Å². The number of anilines is 1. The highest BCUT2D eigenvalue weighted by Gasteiger charge is 2.35. The summed E-state index contributed by atoms with van der Waals surface area (Å²) in [5.74, 6) is 0.655. The lowest BCUT2D eigenvalue weighted by Gasteiger charge is -2.36. The van der Waals surface area contributed by atoms with E-state index >= 15 is 0 Å². The monoisotopic (exact) mass is 192 g/mol. The summed E-state index contributed by atoms with van der Waals surface area (Å²) in [5, 5.41) is 0. The van der Waals surface area contributed by atoms with Gasteiger partial charge in [-0.05, 0) is 12.1 Å². The molecule has 0 spiro atoms. The molecular weight excluding hydrogens is 180 g/mol. The maximum Gasteiger partial charge on any atom is 0.245 e. The summed E-state index contributed by atoms with van der Waals surface area (Å²) in [6.45, 7) is 0.569. The van der Waals surface area contributed by atoms with Crippen LogP contribution in [0.15, 0.2) is 24.3 Å². The van der Waals surface area contributed by atoms with Gasteiger partial charge in [0.25, 0.3) is 0 Å². The molecule has 2 rings (SSSR count). The summed E-state index contributed by atoms with van der Waals surface area (Å²) in [7, 11) is 1.59. The van der Waals surface area contributed by atoms with Crippen molar-refractivity contribution in [2.24, 2.45) is 5.73 Å². The molecule has 1 unspecified atom stereocenters. The Morgan fingerprint density at radius 2 is 2.21 bits per heavy atom. The number of benzene rings is 1. The Morgan fingerprint density at radius 1 is 1.50 bits per heavy atom. The third-order valence-corrected chi connectivity index (χ3v) is 2.34. The van der Waals surface area contributed by atoms with Crippen LogP contribution in [0.3, 0.4) is 0 Å². The molecule has 1 aliphatic heterocycles. The summed E-state index contributed by atoms with van der Waals surface area (Å²) < 4.78 is 5.15. The second-order valence-corrected chi connectivity index (χ2v) is 3.23. The molecule has 0 aromatic heterocycles. The lowest BCUT2D eigenvalue weighted by atomic mass is 10.1. The van der Waals surface area contributed by atoms with Crippen LogP contribution < -0.4 is 15.4 Å². The number of hydrogen-bond acceptors (Lipinski definition) is 3. The summed E-state index contributed by atoms with van der Waals surface area (Å²) >= 11 is 0. The lowest BCUT2D eigenvalue weighted by Crippen LogP contribution is -2.61. The molecule has 0 saturated carbocycles. The fourth-order valence-corrected chi connectivity index (χ4v) is 1.52. The van der Waals surface area contributed by atoms with Gasteiger partial charge in [0.05, 0.1) is 19.3 Å². The van der Waals surface area contributed by atoms with Crippen molar-refractivity contribution < 1.29 is 9.53 Å². The highest BCUT2D eigenvalue weighted by atomic mass is 16.5. The van der Waals surface area contributed by atoms with E-state index in [1.807, 2.05) is 24.3 Å². The van der Waals surface area contributed by atoms with E-state index in [0.29, 0.717) is 12.3 Å². The molecule has 4 nitrogen and oxygen atoms in total. The van der Waals surface area contributed by atoms with E-state index in [0.717, 1.165) is 5.69 Å². The molecule has 0 aliphatic carbocycles. The second-order valence-electron chi connectivity index (χ2n) is 3.23. The Labute approximate surface area is 82.3 Å². The van der Waals surface area contributed by atoms with Crippen molar-refractivity contribution >= 4 is 11.6 Å². The standard InChI is InChI=1S/C10H12N2O2/c1-14-9-5-3-2-4-8(9)12-6-7(11)10(12)13/h2-5,7H,6,11H2,1H3. The number of ether oxygens (including phenoxy) is 1. The molecule has 0 radical (unpaired) electrons. The Bertz CT molecular complexity index is 365. The van der Waals surface area contributed by atoms with Gasteiger partial charge in [0.15, 0.2) is 0 Å². The number of amides is 1. The Morgan fingerprint density at radius 3 is 2.79 bits per heavy atom. The quantitative estimate of drug-likeness (QED) is 0.689. The van der Waals surface area contributed by atoms with Crippen LogP contribution in [-0.4, -0.2) is 25.6 Å². The van der Waals surface area contributed by atoms with Crippen LogP contribution in [0.4, 0.5) is 5.69 Å². The first-order valence-electron chi connectivity index (χ1n) is 4.44. The van der Waals surface area contributed by atoms with Crippen LogP contribution in [0.25, 0.3) is 0 Å². The van der Waals surface area contributed by atoms with Gasteiger partial charge in [-0.2, -0.15) is 0 Å². The summed E-state index contributed by atoms with van der Waals surface area (Å²) in [6.07, 6.45) is 0. The van der Waals surface area contributed by atoms with Crippen LogP contribution in [-0.2, 0) is 4.79 Å². The van der Waals surface area contributed by atoms with Crippen molar-refractivity contribution in [1.29, 1.82) is 0 Å². The first-order valence-corrected chi connectivity index (χ1v) is 4.44. The van der Waals surface area contributed by atoms with Gasteiger partial charge in [-0.15, -0.1) is 0 Å². The molecule has 74 valence electrons. The molecule has 2 N–H and O–H groups in total. The number of methoxy groups -OCH3 is 1. The summed E-state index contributed by atoms with van der Waals surface area (Å²) in [6, 6.07) is 7.07. The fourth-order valence-electron chi connectivity index (χ4n) is 1.52. The minimum absolute atomic E-state index is 0.0468. The largest absolute Gasteiger partial charge is 0.495 e. The fraction of sp³-hybridized carbons (Fsp3) is 0.300. The van der Waals surface area contributed by atoms with E-state index in [-0.39, 0.29) is 11.9 Å². The molecule has 1 aromatic carbocycles. The molecule has 1 aromatic rings. The Balaban J connectivity index is 2.28. The Hall–Kier alpha value is -1.55. The van der Waals surface area contributed by atoms with Crippen LogP contribution in [0, 0.1) is 0 Å². The first kappa shape index (κ1) is 9.02. The van der Waals surface area contributed by atoms with Crippen LogP contribution in [0.2, 0.25) is 0 Å². The molecule has 1 aliphatic rings. The third kappa shape index (κ3) is 1.24. The summed E-state index contributed by atoms with van der Waals surface area (Å²) in [5.41, 5.74) is 6.30. The highest BCUT2D eigenvalue weighted by molar-refractivity contribution is 6.04. The van der Waals surface area contributed by atoms with E-state index in [9.17, 15) is 4.79 Å². The average molecular weight is 192 g/mol. The highest BCUT2D eigenvalue weighted by Crippen LogP contribution is 2.30. The molecule has 1 saturated heterocycles. The zero-order chi connectivity index (χ0) is 10.1. The van der Waals surface area contributed by atoms with E-state index in [2.05, 4.69) is 0 Å². The zero-order valence-corrected chi connectivity index (χ0v) is 7.93. The van der Waals surface area contributed by atoms with E-state index in [1.54, 1.807) is 12.0 Å². The van der Waals surface area contributed by atoms with Gasteiger partial charge in [-0.25, -0.2) is 0 Å². The third-order valence-electron chi connectivity index (χ3n) is 2.34. The van der Waals surface area contributed by atoms with Gasteiger partial charge in [0.2, 0.25) is 5.91 Å². The van der Waals surface area contributed by atoms with Crippen molar-refractivity contribution in [2.45, 2.75) is 6.04 Å².